The normalized spacial score (nSPS) is 20.2. The average molecular weight is 253 g/mol. The van der Waals surface area contributed by atoms with Gasteiger partial charge in [-0.2, -0.15) is 4.39 Å². The summed E-state index contributed by atoms with van der Waals surface area (Å²) in [5.41, 5.74) is 5.55. The van der Waals surface area contributed by atoms with Gasteiger partial charge in [-0.25, -0.2) is 0 Å². The van der Waals surface area contributed by atoms with Crippen LogP contribution in [0.15, 0.2) is 18.2 Å². The predicted octanol–water partition coefficient (Wildman–Crippen LogP) is 1.66. The van der Waals surface area contributed by atoms with Crippen LogP contribution in [0.5, 0.6) is 0 Å². The van der Waals surface area contributed by atoms with Crippen molar-refractivity contribution in [2.75, 3.05) is 13.1 Å². The third-order valence-corrected chi connectivity index (χ3v) is 3.40. The van der Waals surface area contributed by atoms with Crippen molar-refractivity contribution in [1.29, 1.82) is 0 Å². The zero-order chi connectivity index (χ0) is 13.1. The lowest BCUT2D eigenvalue weighted by atomic mass is 10.1. The van der Waals surface area contributed by atoms with E-state index < -0.39 is 16.4 Å². The Balaban J connectivity index is 2.19. The highest BCUT2D eigenvalue weighted by Gasteiger charge is 2.25. The Labute approximate surface area is 105 Å². The number of hydrogen-bond donors (Lipinski definition) is 1. The maximum Gasteiger partial charge on any atom is 0.305 e. The fourth-order valence-corrected chi connectivity index (χ4v) is 2.42. The minimum atomic E-state index is -0.731. The van der Waals surface area contributed by atoms with Crippen molar-refractivity contribution in [3.63, 3.8) is 0 Å². The molecule has 2 N–H and O–H groups in total. The van der Waals surface area contributed by atoms with Crippen molar-refractivity contribution < 1.29 is 9.31 Å². The first-order valence-electron chi connectivity index (χ1n) is 5.99. The van der Waals surface area contributed by atoms with Crippen molar-refractivity contribution in [3.05, 3.63) is 39.7 Å². The van der Waals surface area contributed by atoms with E-state index >= 15 is 0 Å². The second-order valence-electron chi connectivity index (χ2n) is 4.51. The van der Waals surface area contributed by atoms with Gasteiger partial charge >= 0.3 is 5.69 Å². The Morgan fingerprint density at radius 1 is 1.56 bits per heavy atom. The number of likely N-dealkylation sites (tertiary alicyclic amines) is 1. The molecule has 5 nitrogen and oxygen atoms in total. The van der Waals surface area contributed by atoms with Crippen LogP contribution in [0.1, 0.15) is 18.4 Å². The molecule has 1 saturated heterocycles. The second-order valence-corrected chi connectivity index (χ2v) is 4.51. The summed E-state index contributed by atoms with van der Waals surface area (Å²) in [4.78, 5) is 12.1. The number of benzene rings is 1. The van der Waals surface area contributed by atoms with Crippen molar-refractivity contribution >= 4 is 5.69 Å². The lowest BCUT2D eigenvalue weighted by Gasteiger charge is -2.23. The van der Waals surface area contributed by atoms with E-state index in [1.807, 2.05) is 0 Å². The average Bonchev–Trinajstić information content (AvgIpc) is 2.78. The molecule has 1 aromatic rings. The Hall–Kier alpha value is -1.53. The van der Waals surface area contributed by atoms with Gasteiger partial charge in [0.15, 0.2) is 0 Å². The molecule has 2 rings (SSSR count). The molecule has 1 heterocycles. The summed E-state index contributed by atoms with van der Waals surface area (Å²) in [6.45, 7) is 1.79. The second kappa shape index (κ2) is 5.41. The molecule has 1 aromatic carbocycles. The molecule has 1 unspecified atom stereocenters. The van der Waals surface area contributed by atoms with Crippen LogP contribution in [0.4, 0.5) is 10.1 Å². The fraction of sp³-hybridized carbons (Fsp3) is 0.500. The van der Waals surface area contributed by atoms with Crippen LogP contribution in [0.3, 0.4) is 0 Å². The SMILES string of the molecule is NCC1CCCN1Cc1cccc([N+](=O)[O-])c1F. The van der Waals surface area contributed by atoms with E-state index in [-0.39, 0.29) is 6.04 Å². The Kier molecular flexibility index (Phi) is 3.88. The van der Waals surface area contributed by atoms with E-state index in [2.05, 4.69) is 4.90 Å². The van der Waals surface area contributed by atoms with Gasteiger partial charge in [-0.15, -0.1) is 0 Å². The maximum atomic E-state index is 13.9. The Morgan fingerprint density at radius 2 is 2.33 bits per heavy atom. The standard InChI is InChI=1S/C12H16FN3O2/c13-12-9(3-1-5-11(12)16(17)18)8-15-6-2-4-10(15)7-14/h1,3,5,10H,2,4,6-8,14H2. The zero-order valence-electron chi connectivity index (χ0n) is 10.0. The van der Waals surface area contributed by atoms with E-state index in [0.29, 0.717) is 18.7 Å². The van der Waals surface area contributed by atoms with Gasteiger partial charge < -0.3 is 5.73 Å². The zero-order valence-corrected chi connectivity index (χ0v) is 10.0. The summed E-state index contributed by atoms with van der Waals surface area (Å²) in [5.74, 6) is -0.731. The molecular formula is C12H16FN3O2. The van der Waals surface area contributed by atoms with Gasteiger partial charge in [0.25, 0.3) is 0 Å². The van der Waals surface area contributed by atoms with Crippen LogP contribution in [-0.4, -0.2) is 29.0 Å². The van der Waals surface area contributed by atoms with Gasteiger partial charge in [-0.1, -0.05) is 12.1 Å². The van der Waals surface area contributed by atoms with Crippen molar-refractivity contribution in [2.24, 2.45) is 5.73 Å². The lowest BCUT2D eigenvalue weighted by molar-refractivity contribution is -0.387. The van der Waals surface area contributed by atoms with E-state index in [1.165, 1.54) is 12.1 Å². The minimum absolute atomic E-state index is 0.253. The highest BCUT2D eigenvalue weighted by atomic mass is 19.1. The van der Waals surface area contributed by atoms with Crippen LogP contribution >= 0.6 is 0 Å². The molecule has 1 aliphatic heterocycles. The number of nitrogens with two attached hydrogens (primary N) is 1. The van der Waals surface area contributed by atoms with Gasteiger partial charge in [0.1, 0.15) is 0 Å². The maximum absolute atomic E-state index is 13.9. The number of nitro benzene ring substituents is 1. The molecule has 0 bridgehead atoms. The van der Waals surface area contributed by atoms with Crippen molar-refractivity contribution in [1.82, 2.24) is 4.90 Å². The third-order valence-electron chi connectivity index (χ3n) is 3.40. The summed E-state index contributed by atoms with van der Waals surface area (Å²) in [6, 6.07) is 4.55. The van der Waals surface area contributed by atoms with Gasteiger partial charge in [0.2, 0.25) is 5.82 Å². The number of nitro groups is 1. The smallest absolute Gasteiger partial charge is 0.305 e. The predicted molar refractivity (Wildman–Crippen MR) is 65.5 cm³/mol. The number of halogens is 1. The minimum Gasteiger partial charge on any atom is -0.329 e. The van der Waals surface area contributed by atoms with Gasteiger partial charge in [-0.3, -0.25) is 15.0 Å². The molecule has 98 valence electrons. The number of nitrogens with zero attached hydrogens (tertiary/aromatic N) is 2. The molecule has 0 aromatic heterocycles. The Bertz CT molecular complexity index is 453. The van der Waals surface area contributed by atoms with E-state index in [0.717, 1.165) is 19.4 Å². The summed E-state index contributed by atoms with van der Waals surface area (Å²) >= 11 is 0. The number of rotatable bonds is 4. The highest BCUT2D eigenvalue weighted by Crippen LogP contribution is 2.24. The monoisotopic (exact) mass is 253 g/mol. The van der Waals surface area contributed by atoms with Crippen molar-refractivity contribution in [3.8, 4) is 0 Å². The lowest BCUT2D eigenvalue weighted by Crippen LogP contribution is -2.35. The number of hydrogen-bond acceptors (Lipinski definition) is 4. The summed E-state index contributed by atoms with van der Waals surface area (Å²) in [6.07, 6.45) is 2.05. The van der Waals surface area contributed by atoms with Gasteiger partial charge in [0, 0.05) is 30.8 Å². The van der Waals surface area contributed by atoms with Crippen LogP contribution < -0.4 is 5.73 Å². The summed E-state index contributed by atoms with van der Waals surface area (Å²) in [5, 5.41) is 10.7. The molecule has 6 heteroatoms. The van der Waals surface area contributed by atoms with Gasteiger partial charge in [-0.05, 0) is 19.4 Å². The van der Waals surface area contributed by atoms with Crippen LogP contribution in [0, 0.1) is 15.9 Å². The molecule has 1 aliphatic rings. The van der Waals surface area contributed by atoms with Crippen LogP contribution in [0.25, 0.3) is 0 Å². The first-order chi connectivity index (χ1) is 8.63. The summed E-state index contributed by atoms with van der Waals surface area (Å²) in [7, 11) is 0. The first kappa shape index (κ1) is 12.9. The Morgan fingerprint density at radius 3 is 3.00 bits per heavy atom. The van der Waals surface area contributed by atoms with E-state index in [4.69, 9.17) is 5.73 Å². The largest absolute Gasteiger partial charge is 0.329 e. The third kappa shape index (κ3) is 2.49. The first-order valence-corrected chi connectivity index (χ1v) is 5.99. The molecule has 18 heavy (non-hydrogen) atoms. The molecular weight excluding hydrogens is 237 g/mol. The molecule has 0 aliphatic carbocycles. The topological polar surface area (TPSA) is 72.4 Å². The molecule has 0 spiro atoms. The van der Waals surface area contributed by atoms with E-state index in [1.54, 1.807) is 6.07 Å². The molecule has 1 fully saturated rings. The van der Waals surface area contributed by atoms with E-state index in [9.17, 15) is 14.5 Å². The molecule has 0 saturated carbocycles. The molecule has 0 amide bonds. The van der Waals surface area contributed by atoms with Crippen LogP contribution in [-0.2, 0) is 6.54 Å². The van der Waals surface area contributed by atoms with Gasteiger partial charge in [0.05, 0.1) is 4.92 Å². The molecule has 0 radical (unpaired) electrons. The van der Waals surface area contributed by atoms with Crippen molar-refractivity contribution in [2.45, 2.75) is 25.4 Å². The summed E-state index contributed by atoms with van der Waals surface area (Å²) < 4.78 is 13.9. The molecule has 1 atom stereocenters. The fourth-order valence-electron chi connectivity index (χ4n) is 2.42. The quantitative estimate of drug-likeness (QED) is 0.654. The highest BCUT2D eigenvalue weighted by molar-refractivity contribution is 5.36. The van der Waals surface area contributed by atoms with Crippen LogP contribution in [0.2, 0.25) is 0 Å².